The number of benzene rings is 3. The van der Waals surface area contributed by atoms with Gasteiger partial charge < -0.3 is 4.74 Å². The third-order valence-corrected chi connectivity index (χ3v) is 4.64. The van der Waals surface area contributed by atoms with Crippen LogP contribution in [0.15, 0.2) is 72.8 Å². The van der Waals surface area contributed by atoms with Crippen LogP contribution in [0.3, 0.4) is 0 Å². The highest BCUT2D eigenvalue weighted by Gasteiger charge is 2.29. The van der Waals surface area contributed by atoms with Gasteiger partial charge in [-0.2, -0.15) is 0 Å². The van der Waals surface area contributed by atoms with E-state index in [0.29, 0.717) is 0 Å². The minimum Gasteiger partial charge on any atom is -0.445 e. The smallest absolute Gasteiger partial charge is 0.340 e. The van der Waals surface area contributed by atoms with E-state index in [1.54, 1.807) is 18.2 Å². The largest absolute Gasteiger partial charge is 0.445 e. The van der Waals surface area contributed by atoms with Crippen LogP contribution in [0.2, 0.25) is 5.02 Å². The van der Waals surface area contributed by atoms with Crippen LogP contribution >= 0.6 is 11.6 Å². The molecule has 9 nitrogen and oxygen atoms in total. The zero-order valence-electron chi connectivity index (χ0n) is 15.6. The molecule has 0 bridgehead atoms. The van der Waals surface area contributed by atoms with Gasteiger partial charge in [-0.3, -0.25) is 25.0 Å². The fourth-order valence-corrected chi connectivity index (χ4v) is 2.95. The summed E-state index contributed by atoms with van der Waals surface area (Å²) in [6.45, 7) is 0. The first-order chi connectivity index (χ1) is 14.8. The van der Waals surface area contributed by atoms with E-state index in [-0.39, 0.29) is 33.1 Å². The molecule has 0 radical (unpaired) electrons. The molecule has 0 aliphatic carbocycles. The number of nitro benzene ring substituents is 2. The molecule has 10 heteroatoms. The summed E-state index contributed by atoms with van der Waals surface area (Å²) in [7, 11) is 0. The molecule has 1 atom stereocenters. The fraction of sp³-hybridized carbons (Fsp3) is 0.0476. The normalized spacial score (nSPS) is 11.4. The highest BCUT2D eigenvalue weighted by molar-refractivity contribution is 6.33. The first-order valence-electron chi connectivity index (χ1n) is 8.76. The van der Waals surface area contributed by atoms with Crippen LogP contribution in [0, 0.1) is 20.2 Å². The number of Topliss-reactive ketones (excluding diaryl/α,β-unsaturated/α-hetero) is 1. The van der Waals surface area contributed by atoms with Gasteiger partial charge in [0.15, 0.2) is 6.10 Å². The Kier molecular flexibility index (Phi) is 6.37. The Bertz CT molecular complexity index is 1160. The van der Waals surface area contributed by atoms with E-state index in [2.05, 4.69) is 0 Å². The van der Waals surface area contributed by atoms with Gasteiger partial charge in [0.25, 0.3) is 11.4 Å². The van der Waals surface area contributed by atoms with E-state index < -0.39 is 27.7 Å². The summed E-state index contributed by atoms with van der Waals surface area (Å²) >= 11 is 5.99. The highest BCUT2D eigenvalue weighted by atomic mass is 35.5. The Hall–Kier alpha value is -4.11. The standard InChI is InChI=1S/C21H13ClN2O7/c22-18-11-10-16(24(29)30)12-17(18)21(26)31-20(19(25)13-4-2-1-3-5-13)14-6-8-15(9-7-14)23(27)28/h1-12,20H/t20-/m1/s1. The number of nitro groups is 2. The first kappa shape index (κ1) is 21.6. The summed E-state index contributed by atoms with van der Waals surface area (Å²) in [5.41, 5.74) is -0.442. The minimum atomic E-state index is -1.45. The Balaban J connectivity index is 1.99. The van der Waals surface area contributed by atoms with Crippen molar-refractivity contribution in [2.45, 2.75) is 6.10 Å². The Labute approximate surface area is 180 Å². The van der Waals surface area contributed by atoms with Gasteiger partial charge in [0.1, 0.15) is 0 Å². The average Bonchev–Trinajstić information content (AvgIpc) is 2.77. The van der Waals surface area contributed by atoms with Crippen LogP contribution in [0.25, 0.3) is 0 Å². The number of rotatable bonds is 7. The van der Waals surface area contributed by atoms with E-state index in [0.717, 1.165) is 12.1 Å². The van der Waals surface area contributed by atoms with Crippen molar-refractivity contribution >= 4 is 34.7 Å². The van der Waals surface area contributed by atoms with Crippen molar-refractivity contribution in [3.8, 4) is 0 Å². The van der Waals surface area contributed by atoms with Crippen molar-refractivity contribution in [3.05, 3.63) is 115 Å². The zero-order chi connectivity index (χ0) is 22.5. The minimum absolute atomic E-state index is 0.0924. The number of hydrogen-bond acceptors (Lipinski definition) is 7. The van der Waals surface area contributed by atoms with Gasteiger partial charge in [-0.05, 0) is 18.2 Å². The fourth-order valence-electron chi connectivity index (χ4n) is 2.75. The number of nitrogens with zero attached hydrogens (tertiary/aromatic N) is 2. The van der Waals surface area contributed by atoms with Crippen molar-refractivity contribution in [3.63, 3.8) is 0 Å². The second kappa shape index (κ2) is 9.14. The summed E-state index contributed by atoms with van der Waals surface area (Å²) in [5, 5.41) is 21.8. The zero-order valence-corrected chi connectivity index (χ0v) is 16.4. The van der Waals surface area contributed by atoms with Crippen molar-refractivity contribution in [2.24, 2.45) is 0 Å². The molecule has 0 unspecified atom stereocenters. The van der Waals surface area contributed by atoms with Gasteiger partial charge in [0.05, 0.1) is 20.4 Å². The van der Waals surface area contributed by atoms with Crippen molar-refractivity contribution in [2.75, 3.05) is 0 Å². The van der Waals surface area contributed by atoms with Gasteiger partial charge in [-0.25, -0.2) is 4.79 Å². The lowest BCUT2D eigenvalue weighted by Gasteiger charge is -2.18. The molecule has 156 valence electrons. The lowest BCUT2D eigenvalue weighted by atomic mass is 9.99. The second-order valence-electron chi connectivity index (χ2n) is 6.29. The van der Waals surface area contributed by atoms with Crippen LogP contribution in [0.5, 0.6) is 0 Å². The van der Waals surface area contributed by atoms with Crippen LogP contribution in [-0.4, -0.2) is 21.6 Å². The molecule has 0 N–H and O–H groups in total. The highest BCUT2D eigenvalue weighted by Crippen LogP contribution is 2.29. The predicted octanol–water partition coefficient (Wildman–Crippen LogP) is 4.94. The summed E-state index contributed by atoms with van der Waals surface area (Å²) in [6, 6.07) is 16.2. The van der Waals surface area contributed by atoms with E-state index in [4.69, 9.17) is 16.3 Å². The summed E-state index contributed by atoms with van der Waals surface area (Å²) in [6.07, 6.45) is -1.45. The first-order valence-corrected chi connectivity index (χ1v) is 9.14. The summed E-state index contributed by atoms with van der Waals surface area (Å²) in [5.74, 6) is -1.63. The maximum atomic E-state index is 13.0. The predicted molar refractivity (Wildman–Crippen MR) is 110 cm³/mol. The molecule has 0 saturated heterocycles. The molecule has 0 aromatic heterocycles. The van der Waals surface area contributed by atoms with Crippen LogP contribution in [-0.2, 0) is 4.74 Å². The number of ketones is 1. The van der Waals surface area contributed by atoms with Crippen LogP contribution in [0.1, 0.15) is 32.4 Å². The molecule has 0 aliphatic rings. The van der Waals surface area contributed by atoms with Gasteiger partial charge in [0.2, 0.25) is 5.78 Å². The van der Waals surface area contributed by atoms with E-state index in [1.807, 2.05) is 0 Å². The average molecular weight is 441 g/mol. The number of carbonyl (C=O) groups excluding carboxylic acids is 2. The summed E-state index contributed by atoms with van der Waals surface area (Å²) in [4.78, 5) is 46.4. The van der Waals surface area contributed by atoms with E-state index in [9.17, 15) is 29.8 Å². The number of halogens is 1. The van der Waals surface area contributed by atoms with E-state index >= 15 is 0 Å². The number of non-ortho nitro benzene ring substituents is 2. The third-order valence-electron chi connectivity index (χ3n) is 4.31. The Morgan fingerprint density at radius 2 is 1.42 bits per heavy atom. The van der Waals surface area contributed by atoms with Gasteiger partial charge in [0, 0.05) is 35.4 Å². The molecular formula is C21H13ClN2O7. The molecule has 0 saturated carbocycles. The maximum absolute atomic E-state index is 13.0. The molecule has 3 aromatic rings. The van der Waals surface area contributed by atoms with Gasteiger partial charge in [-0.15, -0.1) is 0 Å². The maximum Gasteiger partial charge on any atom is 0.340 e. The number of esters is 1. The van der Waals surface area contributed by atoms with Crippen molar-refractivity contribution in [1.82, 2.24) is 0 Å². The molecule has 0 fully saturated rings. The lowest BCUT2D eigenvalue weighted by Crippen LogP contribution is -2.20. The van der Waals surface area contributed by atoms with Crippen LogP contribution in [0.4, 0.5) is 11.4 Å². The number of hydrogen-bond donors (Lipinski definition) is 0. The number of carbonyl (C=O) groups is 2. The van der Waals surface area contributed by atoms with Gasteiger partial charge >= 0.3 is 5.97 Å². The SMILES string of the molecule is O=C(O[C@@H](C(=O)c1ccccc1)c1ccc([N+](=O)[O-])cc1)c1cc([N+](=O)[O-])ccc1Cl. The molecule has 0 amide bonds. The molecule has 0 heterocycles. The van der Waals surface area contributed by atoms with E-state index in [1.165, 1.54) is 42.5 Å². The lowest BCUT2D eigenvalue weighted by molar-refractivity contribution is -0.385. The Morgan fingerprint density at radius 3 is 2.00 bits per heavy atom. The van der Waals surface area contributed by atoms with Crippen molar-refractivity contribution < 1.29 is 24.2 Å². The molecule has 3 rings (SSSR count). The number of ether oxygens (including phenoxy) is 1. The third kappa shape index (κ3) is 4.90. The second-order valence-corrected chi connectivity index (χ2v) is 6.69. The molecular weight excluding hydrogens is 428 g/mol. The van der Waals surface area contributed by atoms with Crippen molar-refractivity contribution in [1.29, 1.82) is 0 Å². The van der Waals surface area contributed by atoms with Gasteiger partial charge in [-0.1, -0.05) is 41.9 Å². The molecule has 31 heavy (non-hydrogen) atoms. The molecule has 0 spiro atoms. The monoisotopic (exact) mass is 440 g/mol. The quantitative estimate of drug-likeness (QED) is 0.220. The van der Waals surface area contributed by atoms with Crippen LogP contribution < -0.4 is 0 Å². The molecule has 0 aliphatic heterocycles. The Morgan fingerprint density at radius 1 is 0.839 bits per heavy atom. The topological polar surface area (TPSA) is 130 Å². The molecule has 3 aromatic carbocycles. The summed E-state index contributed by atoms with van der Waals surface area (Å²) < 4.78 is 5.39.